The Hall–Kier alpha value is -4.09. The maximum absolute atomic E-state index is 14.3. The van der Waals surface area contributed by atoms with E-state index in [0.717, 1.165) is 56.5 Å². The molecule has 1 spiro atoms. The number of fused-ring (bicyclic) bond motifs is 3. The fraction of sp³-hybridized carbons (Fsp3) is 0.312. The first-order chi connectivity index (χ1) is 20.8. The number of nitrogens with zero attached hydrogens (tertiary/aromatic N) is 4. The second-order valence-corrected chi connectivity index (χ2v) is 12.3. The minimum atomic E-state index is -0.546. The van der Waals surface area contributed by atoms with Crippen LogP contribution >= 0.6 is 15.9 Å². The number of anilines is 3. The van der Waals surface area contributed by atoms with Gasteiger partial charge in [0.05, 0.1) is 17.4 Å². The highest BCUT2D eigenvalue weighted by molar-refractivity contribution is 9.10. The van der Waals surface area contributed by atoms with Crippen molar-refractivity contribution < 1.29 is 23.1 Å². The van der Waals surface area contributed by atoms with Gasteiger partial charge in [-0.15, -0.1) is 0 Å². The highest BCUT2D eigenvalue weighted by Crippen LogP contribution is 2.43. The Labute approximate surface area is 256 Å². The SMILES string of the molecule is Cc1cnc(N2CC3(CCOCC3)C2)c(C(=O)Nc2ccc(C(=O)N3CCc4cc(Br)oc4-c4ncc(F)cc43)cc2)c1. The van der Waals surface area contributed by atoms with E-state index < -0.39 is 5.82 Å². The lowest BCUT2D eigenvalue weighted by atomic mass is 9.73. The van der Waals surface area contributed by atoms with Crippen molar-refractivity contribution in [2.75, 3.05) is 48.0 Å². The smallest absolute Gasteiger partial charge is 0.259 e. The number of rotatable bonds is 4. The summed E-state index contributed by atoms with van der Waals surface area (Å²) in [7, 11) is 0. The molecule has 0 saturated carbocycles. The average Bonchev–Trinajstić information content (AvgIpc) is 3.30. The van der Waals surface area contributed by atoms with Crippen molar-refractivity contribution >= 4 is 44.9 Å². The molecule has 3 aliphatic rings. The normalized spacial score (nSPS) is 17.1. The van der Waals surface area contributed by atoms with Crippen molar-refractivity contribution in [3.05, 3.63) is 87.6 Å². The monoisotopic (exact) mass is 645 g/mol. The average molecular weight is 647 g/mol. The van der Waals surface area contributed by atoms with Gasteiger partial charge in [-0.1, -0.05) is 0 Å². The van der Waals surface area contributed by atoms with Crippen LogP contribution in [0, 0.1) is 18.2 Å². The summed E-state index contributed by atoms with van der Waals surface area (Å²) in [5.74, 6) is 0.0806. The molecule has 6 heterocycles. The molecular formula is C32H29BrFN5O4. The van der Waals surface area contributed by atoms with Crippen LogP contribution in [0.1, 0.15) is 44.7 Å². The number of aryl methyl sites for hydroxylation is 1. The summed E-state index contributed by atoms with van der Waals surface area (Å²) in [6.45, 7) is 5.52. The molecule has 2 saturated heterocycles. The molecule has 0 radical (unpaired) electrons. The molecule has 3 aromatic heterocycles. The number of halogens is 2. The molecule has 43 heavy (non-hydrogen) atoms. The van der Waals surface area contributed by atoms with Crippen LogP contribution in [0.4, 0.5) is 21.6 Å². The second kappa shape index (κ2) is 10.9. The number of hydrogen-bond donors (Lipinski definition) is 1. The van der Waals surface area contributed by atoms with E-state index in [1.165, 1.54) is 11.0 Å². The first-order valence-corrected chi connectivity index (χ1v) is 15.0. The Bertz CT molecular complexity index is 1730. The molecule has 0 atom stereocenters. The maximum atomic E-state index is 14.3. The van der Waals surface area contributed by atoms with E-state index in [9.17, 15) is 14.0 Å². The molecule has 3 aliphatic heterocycles. The molecule has 7 rings (SSSR count). The van der Waals surface area contributed by atoms with E-state index >= 15 is 0 Å². The highest BCUT2D eigenvalue weighted by atomic mass is 79.9. The van der Waals surface area contributed by atoms with Gasteiger partial charge >= 0.3 is 0 Å². The van der Waals surface area contributed by atoms with Crippen LogP contribution in [0.3, 0.4) is 0 Å². The molecule has 1 N–H and O–H groups in total. The summed E-state index contributed by atoms with van der Waals surface area (Å²) in [5.41, 5.74) is 4.23. The van der Waals surface area contributed by atoms with Crippen LogP contribution in [0.2, 0.25) is 0 Å². The molecule has 9 nitrogen and oxygen atoms in total. The third-order valence-corrected chi connectivity index (χ3v) is 8.90. The third kappa shape index (κ3) is 5.21. The van der Waals surface area contributed by atoms with Crippen LogP contribution in [-0.4, -0.2) is 54.6 Å². The van der Waals surface area contributed by atoms with Crippen LogP contribution in [-0.2, 0) is 11.2 Å². The fourth-order valence-electron chi connectivity index (χ4n) is 6.22. The molecule has 0 aliphatic carbocycles. The summed E-state index contributed by atoms with van der Waals surface area (Å²) in [6, 6.07) is 11.7. The lowest BCUT2D eigenvalue weighted by Crippen LogP contribution is -2.59. The zero-order chi connectivity index (χ0) is 29.7. The highest BCUT2D eigenvalue weighted by Gasteiger charge is 2.45. The van der Waals surface area contributed by atoms with E-state index in [2.05, 4.69) is 36.1 Å². The first-order valence-electron chi connectivity index (χ1n) is 14.3. The van der Waals surface area contributed by atoms with E-state index in [4.69, 9.17) is 9.15 Å². The number of aromatic nitrogens is 2. The van der Waals surface area contributed by atoms with Gasteiger partial charge in [0.2, 0.25) is 0 Å². The van der Waals surface area contributed by atoms with Crippen molar-refractivity contribution in [3.8, 4) is 11.5 Å². The summed E-state index contributed by atoms with van der Waals surface area (Å²) in [5, 5.41) is 2.97. The molecule has 0 unspecified atom stereocenters. The molecule has 2 amide bonds. The number of carbonyl (C=O) groups is 2. The third-order valence-electron chi connectivity index (χ3n) is 8.51. The number of carbonyl (C=O) groups excluding carboxylic acids is 2. The van der Waals surface area contributed by atoms with E-state index in [1.807, 2.05) is 19.1 Å². The Morgan fingerprint density at radius 3 is 2.58 bits per heavy atom. The Morgan fingerprint density at radius 2 is 1.81 bits per heavy atom. The zero-order valence-corrected chi connectivity index (χ0v) is 25.1. The number of hydrogen-bond acceptors (Lipinski definition) is 7. The predicted octanol–water partition coefficient (Wildman–Crippen LogP) is 6.02. The fourth-order valence-corrected chi connectivity index (χ4v) is 6.66. The Kier molecular flexibility index (Phi) is 7.01. The summed E-state index contributed by atoms with van der Waals surface area (Å²) in [4.78, 5) is 39.7. The van der Waals surface area contributed by atoms with Crippen LogP contribution < -0.4 is 15.1 Å². The second-order valence-electron chi connectivity index (χ2n) is 11.5. The van der Waals surface area contributed by atoms with Crippen molar-refractivity contribution in [1.29, 1.82) is 0 Å². The van der Waals surface area contributed by atoms with E-state index in [0.29, 0.717) is 57.4 Å². The van der Waals surface area contributed by atoms with Crippen LogP contribution in [0.5, 0.6) is 0 Å². The minimum absolute atomic E-state index is 0.243. The van der Waals surface area contributed by atoms with Gasteiger partial charge < -0.3 is 24.3 Å². The van der Waals surface area contributed by atoms with E-state index in [-0.39, 0.29) is 17.2 Å². The maximum Gasteiger partial charge on any atom is 0.259 e. The summed E-state index contributed by atoms with van der Waals surface area (Å²) in [6.07, 6.45) is 5.47. The number of furan rings is 1. The van der Waals surface area contributed by atoms with Crippen LogP contribution in [0.15, 0.2) is 63.9 Å². The summed E-state index contributed by atoms with van der Waals surface area (Å²) >= 11 is 3.35. The van der Waals surface area contributed by atoms with Gasteiger partial charge in [-0.2, -0.15) is 0 Å². The Morgan fingerprint density at radius 1 is 1.05 bits per heavy atom. The van der Waals surface area contributed by atoms with Crippen molar-refractivity contribution in [2.45, 2.75) is 26.2 Å². The Balaban J connectivity index is 1.09. The molecule has 4 aromatic rings. The standard InChI is InChI=1S/C32H29BrFN5O4/c1-19-12-24(29(36-15-19)38-17-32(18-38)7-10-42-11-8-32)30(40)37-23-4-2-20(3-5-23)31(41)39-9-6-21-13-26(33)43-28(21)27-25(39)14-22(34)16-35-27/h2-5,12-16H,6-11,17-18H2,1H3,(H,37,40). The number of pyridine rings is 2. The largest absolute Gasteiger partial charge is 0.447 e. The molecule has 1 aromatic carbocycles. The lowest BCUT2D eigenvalue weighted by molar-refractivity contribution is -0.000509. The predicted molar refractivity (Wildman–Crippen MR) is 163 cm³/mol. The van der Waals surface area contributed by atoms with Gasteiger partial charge in [-0.25, -0.2) is 14.4 Å². The molecule has 2 fully saturated rings. The number of ether oxygens (including phenoxy) is 1. The first kappa shape index (κ1) is 27.7. The number of benzene rings is 1. The van der Waals surface area contributed by atoms with E-state index in [1.54, 1.807) is 30.5 Å². The number of nitrogens with one attached hydrogen (secondary N) is 1. The summed E-state index contributed by atoms with van der Waals surface area (Å²) < 4.78 is 26.2. The zero-order valence-electron chi connectivity index (χ0n) is 23.5. The topological polar surface area (TPSA) is 101 Å². The van der Waals surface area contributed by atoms with Crippen molar-refractivity contribution in [1.82, 2.24) is 9.97 Å². The van der Waals surface area contributed by atoms with Gasteiger partial charge in [0.1, 0.15) is 17.3 Å². The van der Waals surface area contributed by atoms with Crippen molar-refractivity contribution in [3.63, 3.8) is 0 Å². The van der Waals surface area contributed by atoms with Gasteiger partial charge in [-0.3, -0.25) is 9.59 Å². The molecule has 0 bridgehead atoms. The lowest BCUT2D eigenvalue weighted by Gasteiger charge is -2.53. The van der Waals surface area contributed by atoms with Gasteiger partial charge in [-0.05, 0) is 84.1 Å². The molecule has 11 heteroatoms. The van der Waals surface area contributed by atoms with Gasteiger partial charge in [0, 0.05) is 67.3 Å². The van der Waals surface area contributed by atoms with Crippen molar-refractivity contribution in [2.24, 2.45) is 5.41 Å². The van der Waals surface area contributed by atoms with Gasteiger partial charge in [0.25, 0.3) is 11.8 Å². The quantitative estimate of drug-likeness (QED) is 0.290. The van der Waals surface area contributed by atoms with Crippen LogP contribution in [0.25, 0.3) is 11.5 Å². The number of amides is 2. The van der Waals surface area contributed by atoms with Gasteiger partial charge in [0.15, 0.2) is 10.4 Å². The molecular weight excluding hydrogens is 617 g/mol. The molecule has 220 valence electrons. The minimum Gasteiger partial charge on any atom is -0.447 e.